The van der Waals surface area contributed by atoms with Crippen LogP contribution in [0.15, 0.2) is 12.7 Å². The molecule has 0 rings (SSSR count). The van der Waals surface area contributed by atoms with Crippen LogP contribution in [0.5, 0.6) is 0 Å². The molecule has 3 heteroatoms. The number of carbonyl (C=O) groups is 1. The zero-order chi connectivity index (χ0) is 12.6. The van der Waals surface area contributed by atoms with Crippen LogP contribution in [-0.4, -0.2) is 20.1 Å². The molecule has 1 atom stereocenters. The fourth-order valence-electron chi connectivity index (χ4n) is 2.10. The van der Waals surface area contributed by atoms with E-state index in [2.05, 4.69) is 27.4 Å². The summed E-state index contributed by atoms with van der Waals surface area (Å²) in [5, 5.41) is 0. The van der Waals surface area contributed by atoms with Gasteiger partial charge in [-0.05, 0) is 13.3 Å². The SMILES string of the molecule is C=CC(=O)OC(C)CC[Si](CC)(CC)CC. The van der Waals surface area contributed by atoms with Crippen molar-refractivity contribution in [3.63, 3.8) is 0 Å². The van der Waals surface area contributed by atoms with E-state index in [1.165, 1.54) is 30.3 Å². The number of esters is 1. The third kappa shape index (κ3) is 4.97. The normalized spacial score (nSPS) is 13.2. The van der Waals surface area contributed by atoms with Gasteiger partial charge in [0.2, 0.25) is 0 Å². The first kappa shape index (κ1) is 15.4. The van der Waals surface area contributed by atoms with Gasteiger partial charge in [0.25, 0.3) is 0 Å². The highest BCUT2D eigenvalue weighted by Gasteiger charge is 2.27. The molecule has 0 saturated heterocycles. The summed E-state index contributed by atoms with van der Waals surface area (Å²) < 4.78 is 5.19. The summed E-state index contributed by atoms with van der Waals surface area (Å²) in [6, 6.07) is 5.27. The predicted octanol–water partition coefficient (Wildman–Crippen LogP) is 4.00. The minimum atomic E-state index is -1.06. The van der Waals surface area contributed by atoms with Gasteiger partial charge in [-0.25, -0.2) is 4.79 Å². The van der Waals surface area contributed by atoms with Gasteiger partial charge in [-0.15, -0.1) is 0 Å². The zero-order valence-electron chi connectivity index (χ0n) is 11.2. The molecular weight excluding hydrogens is 216 g/mol. The highest BCUT2D eigenvalue weighted by molar-refractivity contribution is 6.79. The van der Waals surface area contributed by atoms with Crippen molar-refractivity contribution in [2.24, 2.45) is 0 Å². The second kappa shape index (κ2) is 7.66. The van der Waals surface area contributed by atoms with Crippen molar-refractivity contribution in [3.05, 3.63) is 12.7 Å². The Bertz CT molecular complexity index is 214. The molecule has 2 nitrogen and oxygen atoms in total. The van der Waals surface area contributed by atoms with Gasteiger partial charge in [-0.1, -0.05) is 51.5 Å². The topological polar surface area (TPSA) is 26.3 Å². The number of hydrogen-bond acceptors (Lipinski definition) is 2. The first-order valence-corrected chi connectivity index (χ1v) is 9.19. The van der Waals surface area contributed by atoms with Gasteiger partial charge < -0.3 is 4.74 Å². The summed E-state index contributed by atoms with van der Waals surface area (Å²) in [5.41, 5.74) is 0. The van der Waals surface area contributed by atoms with E-state index < -0.39 is 8.07 Å². The largest absolute Gasteiger partial charge is 0.460 e. The monoisotopic (exact) mass is 242 g/mol. The van der Waals surface area contributed by atoms with E-state index in [1.807, 2.05) is 6.92 Å². The van der Waals surface area contributed by atoms with E-state index in [4.69, 9.17) is 4.74 Å². The Morgan fingerprint density at radius 2 is 1.81 bits per heavy atom. The average Bonchev–Trinajstić information content (AvgIpc) is 2.31. The maximum atomic E-state index is 11.0. The Hall–Kier alpha value is -0.573. The molecule has 0 spiro atoms. The smallest absolute Gasteiger partial charge is 0.330 e. The molecule has 0 radical (unpaired) electrons. The van der Waals surface area contributed by atoms with Gasteiger partial charge in [0.05, 0.1) is 14.2 Å². The van der Waals surface area contributed by atoms with Crippen LogP contribution in [0, 0.1) is 0 Å². The summed E-state index contributed by atoms with van der Waals surface area (Å²) in [6.45, 7) is 12.3. The van der Waals surface area contributed by atoms with E-state index in [0.717, 1.165) is 6.42 Å². The van der Waals surface area contributed by atoms with Crippen LogP contribution < -0.4 is 0 Å². The summed E-state index contributed by atoms with van der Waals surface area (Å²) in [4.78, 5) is 11.0. The molecule has 0 aliphatic heterocycles. The maximum absolute atomic E-state index is 11.0. The van der Waals surface area contributed by atoms with Gasteiger partial charge in [0.1, 0.15) is 0 Å². The Morgan fingerprint density at radius 3 is 2.19 bits per heavy atom. The molecule has 16 heavy (non-hydrogen) atoms. The fourth-order valence-corrected chi connectivity index (χ4v) is 5.67. The van der Waals surface area contributed by atoms with Crippen molar-refractivity contribution >= 4 is 14.0 Å². The van der Waals surface area contributed by atoms with Gasteiger partial charge in [0, 0.05) is 6.08 Å². The third-order valence-corrected chi connectivity index (χ3v) is 9.66. The summed E-state index contributed by atoms with van der Waals surface area (Å²) in [6.07, 6.45) is 2.27. The van der Waals surface area contributed by atoms with E-state index >= 15 is 0 Å². The van der Waals surface area contributed by atoms with E-state index in [0.29, 0.717) is 0 Å². The molecule has 0 saturated carbocycles. The van der Waals surface area contributed by atoms with Crippen LogP contribution in [-0.2, 0) is 9.53 Å². The summed E-state index contributed by atoms with van der Waals surface area (Å²) in [5.74, 6) is -0.302. The Balaban J connectivity index is 4.10. The number of ether oxygens (including phenoxy) is 1. The minimum Gasteiger partial charge on any atom is -0.460 e. The number of carbonyl (C=O) groups excluding carboxylic acids is 1. The molecule has 0 N–H and O–H groups in total. The molecule has 94 valence electrons. The maximum Gasteiger partial charge on any atom is 0.330 e. The van der Waals surface area contributed by atoms with Gasteiger partial charge in [-0.3, -0.25) is 0 Å². The van der Waals surface area contributed by atoms with Crippen LogP contribution in [0.4, 0.5) is 0 Å². The molecule has 0 aromatic rings. The lowest BCUT2D eigenvalue weighted by Crippen LogP contribution is -2.32. The molecule has 0 fully saturated rings. The first-order chi connectivity index (χ1) is 7.53. The number of hydrogen-bond donors (Lipinski definition) is 0. The average molecular weight is 242 g/mol. The van der Waals surface area contributed by atoms with Gasteiger partial charge in [0.15, 0.2) is 0 Å². The third-order valence-electron chi connectivity index (χ3n) is 3.82. The van der Waals surface area contributed by atoms with Crippen molar-refractivity contribution in [2.45, 2.75) is 64.4 Å². The molecule has 1 unspecified atom stereocenters. The van der Waals surface area contributed by atoms with Crippen LogP contribution in [0.2, 0.25) is 24.2 Å². The van der Waals surface area contributed by atoms with E-state index in [9.17, 15) is 4.79 Å². The Kier molecular flexibility index (Phi) is 7.39. The van der Waals surface area contributed by atoms with Crippen molar-refractivity contribution < 1.29 is 9.53 Å². The minimum absolute atomic E-state index is 0.0297. The van der Waals surface area contributed by atoms with Crippen molar-refractivity contribution in [1.82, 2.24) is 0 Å². The lowest BCUT2D eigenvalue weighted by Gasteiger charge is -2.29. The molecule has 0 heterocycles. The summed E-state index contributed by atoms with van der Waals surface area (Å²) in [7, 11) is -1.06. The van der Waals surface area contributed by atoms with Crippen molar-refractivity contribution in [3.8, 4) is 0 Å². The zero-order valence-corrected chi connectivity index (χ0v) is 12.2. The quantitative estimate of drug-likeness (QED) is 0.365. The van der Waals surface area contributed by atoms with Crippen molar-refractivity contribution in [2.75, 3.05) is 0 Å². The fraction of sp³-hybridized carbons (Fsp3) is 0.769. The summed E-state index contributed by atoms with van der Waals surface area (Å²) >= 11 is 0. The number of rotatable bonds is 8. The molecule has 0 aliphatic rings. The lowest BCUT2D eigenvalue weighted by molar-refractivity contribution is -0.142. The highest BCUT2D eigenvalue weighted by atomic mass is 28.3. The molecular formula is C13H26O2Si. The van der Waals surface area contributed by atoms with Crippen LogP contribution in [0.25, 0.3) is 0 Å². The predicted molar refractivity (Wildman–Crippen MR) is 72.4 cm³/mol. The lowest BCUT2D eigenvalue weighted by atomic mass is 10.3. The van der Waals surface area contributed by atoms with E-state index in [1.54, 1.807) is 0 Å². The molecule has 0 bridgehead atoms. The second-order valence-electron chi connectivity index (χ2n) is 4.55. The highest BCUT2D eigenvalue weighted by Crippen LogP contribution is 2.27. The molecule has 0 amide bonds. The second-order valence-corrected chi connectivity index (χ2v) is 10.2. The van der Waals surface area contributed by atoms with E-state index in [-0.39, 0.29) is 12.1 Å². The standard InChI is InChI=1S/C13H26O2Si/c1-6-13(14)15-12(5)10-11-16(7-2,8-3)9-4/h6,12H,1,7-11H2,2-5H3. The van der Waals surface area contributed by atoms with Crippen molar-refractivity contribution in [1.29, 1.82) is 0 Å². The molecule has 0 aromatic heterocycles. The van der Waals surface area contributed by atoms with Crippen LogP contribution >= 0.6 is 0 Å². The molecule has 0 aliphatic carbocycles. The Labute approximate surface area is 101 Å². The van der Waals surface area contributed by atoms with Gasteiger partial charge in [-0.2, -0.15) is 0 Å². The molecule has 0 aromatic carbocycles. The van der Waals surface area contributed by atoms with Crippen LogP contribution in [0.3, 0.4) is 0 Å². The Morgan fingerprint density at radius 1 is 1.31 bits per heavy atom. The van der Waals surface area contributed by atoms with Crippen LogP contribution in [0.1, 0.15) is 34.1 Å². The van der Waals surface area contributed by atoms with Gasteiger partial charge >= 0.3 is 5.97 Å². The first-order valence-electron chi connectivity index (χ1n) is 6.36.